The molecule has 0 unspecified atom stereocenters. The van der Waals surface area contributed by atoms with Crippen molar-refractivity contribution in [1.29, 1.82) is 0 Å². The highest BCUT2D eigenvalue weighted by Gasteiger charge is 2.28. The molecule has 1 aliphatic carbocycles. The van der Waals surface area contributed by atoms with Gasteiger partial charge in [0.2, 0.25) is 11.8 Å². The van der Waals surface area contributed by atoms with E-state index >= 15 is 0 Å². The minimum absolute atomic E-state index is 0.0129. The predicted molar refractivity (Wildman–Crippen MR) is 93.3 cm³/mol. The van der Waals surface area contributed by atoms with Crippen molar-refractivity contribution in [3.05, 3.63) is 23.8 Å². The second-order valence-corrected chi connectivity index (χ2v) is 6.95. The Morgan fingerprint density at radius 2 is 2.00 bits per heavy atom. The summed E-state index contributed by atoms with van der Waals surface area (Å²) in [6, 6.07) is 6.17. The first-order chi connectivity index (χ1) is 11.5. The summed E-state index contributed by atoms with van der Waals surface area (Å²) in [6.45, 7) is 4.48. The van der Waals surface area contributed by atoms with E-state index in [1.807, 2.05) is 32.0 Å². The minimum atomic E-state index is -0.0449. The van der Waals surface area contributed by atoms with Crippen LogP contribution in [0.15, 0.2) is 18.2 Å². The van der Waals surface area contributed by atoms with Gasteiger partial charge in [-0.25, -0.2) is 0 Å². The lowest BCUT2D eigenvalue weighted by molar-refractivity contribution is -0.125. The summed E-state index contributed by atoms with van der Waals surface area (Å²) in [4.78, 5) is 26.5. The van der Waals surface area contributed by atoms with E-state index in [0.29, 0.717) is 12.6 Å². The number of nitrogens with one attached hydrogen (secondary N) is 1. The molecule has 2 amide bonds. The average molecular weight is 330 g/mol. The number of ether oxygens (including phenoxy) is 1. The van der Waals surface area contributed by atoms with Gasteiger partial charge >= 0.3 is 0 Å². The van der Waals surface area contributed by atoms with Crippen molar-refractivity contribution in [3.8, 4) is 5.75 Å². The average Bonchev–Trinajstić information content (AvgIpc) is 3.05. The van der Waals surface area contributed by atoms with Crippen molar-refractivity contribution >= 4 is 17.5 Å². The standard InChI is InChI=1S/C19H26N2O3/c1-13-7-8-17-16(11-13)21(12-14(2)24-17)19(23)10-9-18(22)20-15-5-3-4-6-15/h7-8,11,14-15H,3-6,9-10,12H2,1-2H3,(H,20,22)/t14-/m1/s1. The molecule has 0 saturated heterocycles. The van der Waals surface area contributed by atoms with Gasteiger partial charge in [0, 0.05) is 18.9 Å². The zero-order valence-electron chi connectivity index (χ0n) is 14.5. The van der Waals surface area contributed by atoms with Crippen molar-refractivity contribution in [2.75, 3.05) is 11.4 Å². The second kappa shape index (κ2) is 7.24. The molecule has 24 heavy (non-hydrogen) atoms. The number of carbonyl (C=O) groups is 2. The van der Waals surface area contributed by atoms with Crippen LogP contribution in [0.3, 0.4) is 0 Å². The predicted octanol–water partition coefficient (Wildman–Crippen LogP) is 2.95. The Morgan fingerprint density at radius 1 is 1.25 bits per heavy atom. The number of carbonyl (C=O) groups excluding carboxylic acids is 2. The molecule has 1 aromatic carbocycles. The van der Waals surface area contributed by atoms with Crippen LogP contribution in [0.4, 0.5) is 5.69 Å². The molecule has 5 nitrogen and oxygen atoms in total. The van der Waals surface area contributed by atoms with Gasteiger partial charge in [0.1, 0.15) is 11.9 Å². The zero-order valence-corrected chi connectivity index (χ0v) is 14.5. The molecule has 1 aromatic rings. The fourth-order valence-electron chi connectivity index (χ4n) is 3.51. The number of rotatable bonds is 4. The number of anilines is 1. The molecule has 0 spiro atoms. The highest BCUT2D eigenvalue weighted by atomic mass is 16.5. The zero-order chi connectivity index (χ0) is 17.1. The van der Waals surface area contributed by atoms with Gasteiger partial charge < -0.3 is 15.0 Å². The molecule has 1 atom stereocenters. The van der Waals surface area contributed by atoms with Crippen LogP contribution in [-0.2, 0) is 9.59 Å². The van der Waals surface area contributed by atoms with Crippen LogP contribution < -0.4 is 15.0 Å². The highest BCUT2D eigenvalue weighted by molar-refractivity contribution is 5.97. The summed E-state index contributed by atoms with van der Waals surface area (Å²) in [5.41, 5.74) is 1.90. The topological polar surface area (TPSA) is 58.6 Å². The quantitative estimate of drug-likeness (QED) is 0.923. The molecule has 5 heteroatoms. The summed E-state index contributed by atoms with van der Waals surface area (Å²) < 4.78 is 5.81. The first-order valence-corrected chi connectivity index (χ1v) is 8.90. The van der Waals surface area contributed by atoms with E-state index in [0.717, 1.165) is 29.8 Å². The van der Waals surface area contributed by atoms with Crippen LogP contribution in [0.25, 0.3) is 0 Å². The number of aryl methyl sites for hydroxylation is 1. The lowest BCUT2D eigenvalue weighted by atomic mass is 10.1. The highest BCUT2D eigenvalue weighted by Crippen LogP contribution is 2.34. The summed E-state index contributed by atoms with van der Waals surface area (Å²) in [6.07, 6.45) is 4.94. The van der Waals surface area contributed by atoms with Gasteiger partial charge in [0.25, 0.3) is 0 Å². The first kappa shape index (κ1) is 16.8. The van der Waals surface area contributed by atoms with Crippen LogP contribution in [0.2, 0.25) is 0 Å². The van der Waals surface area contributed by atoms with E-state index in [2.05, 4.69) is 5.32 Å². The van der Waals surface area contributed by atoms with Gasteiger partial charge in [-0.3, -0.25) is 9.59 Å². The van der Waals surface area contributed by atoms with Crippen molar-refractivity contribution < 1.29 is 14.3 Å². The molecule has 130 valence electrons. The Hall–Kier alpha value is -2.04. The fourth-order valence-corrected chi connectivity index (χ4v) is 3.51. The van der Waals surface area contributed by atoms with Gasteiger partial charge in [0.05, 0.1) is 12.2 Å². The van der Waals surface area contributed by atoms with Gasteiger partial charge in [-0.2, -0.15) is 0 Å². The molecule has 3 rings (SSSR count). The lowest BCUT2D eigenvalue weighted by Crippen LogP contribution is -2.43. The second-order valence-electron chi connectivity index (χ2n) is 6.95. The molecule has 1 N–H and O–H groups in total. The van der Waals surface area contributed by atoms with Crippen LogP contribution in [-0.4, -0.2) is 30.5 Å². The number of hydrogen-bond acceptors (Lipinski definition) is 3. The third-order valence-corrected chi connectivity index (χ3v) is 4.76. The maximum Gasteiger partial charge on any atom is 0.227 e. The summed E-state index contributed by atoms with van der Waals surface area (Å²) in [5.74, 6) is 0.711. The monoisotopic (exact) mass is 330 g/mol. The minimum Gasteiger partial charge on any atom is -0.487 e. The molecule has 0 radical (unpaired) electrons. The smallest absolute Gasteiger partial charge is 0.227 e. The SMILES string of the molecule is Cc1ccc2c(c1)N(C(=O)CCC(=O)NC1CCCC1)C[C@@H](C)O2. The van der Waals surface area contributed by atoms with Crippen molar-refractivity contribution in [1.82, 2.24) is 5.32 Å². The van der Waals surface area contributed by atoms with E-state index in [1.54, 1.807) is 4.90 Å². The molecular formula is C19H26N2O3. The van der Waals surface area contributed by atoms with Crippen molar-refractivity contribution in [3.63, 3.8) is 0 Å². The molecule has 1 saturated carbocycles. The Bertz CT molecular complexity index is 623. The van der Waals surface area contributed by atoms with E-state index in [4.69, 9.17) is 4.74 Å². The van der Waals surface area contributed by atoms with E-state index in [1.165, 1.54) is 12.8 Å². The molecule has 1 aliphatic heterocycles. The Balaban J connectivity index is 1.60. The fraction of sp³-hybridized carbons (Fsp3) is 0.579. The molecule has 1 fully saturated rings. The van der Waals surface area contributed by atoms with E-state index in [9.17, 15) is 9.59 Å². The number of hydrogen-bond donors (Lipinski definition) is 1. The number of fused-ring (bicyclic) bond motifs is 1. The van der Waals surface area contributed by atoms with Crippen LogP contribution in [0, 0.1) is 6.92 Å². The Labute approximate surface area is 143 Å². The number of nitrogens with zero attached hydrogens (tertiary/aromatic N) is 1. The largest absolute Gasteiger partial charge is 0.487 e. The number of amides is 2. The lowest BCUT2D eigenvalue weighted by Gasteiger charge is -2.33. The third kappa shape index (κ3) is 3.89. The van der Waals surface area contributed by atoms with Gasteiger partial charge in [0.15, 0.2) is 0 Å². The van der Waals surface area contributed by atoms with E-state index < -0.39 is 0 Å². The van der Waals surface area contributed by atoms with Gasteiger partial charge in [-0.15, -0.1) is 0 Å². The third-order valence-electron chi connectivity index (χ3n) is 4.76. The Kier molecular flexibility index (Phi) is 5.07. The van der Waals surface area contributed by atoms with Gasteiger partial charge in [-0.05, 0) is 44.4 Å². The van der Waals surface area contributed by atoms with Crippen LogP contribution >= 0.6 is 0 Å². The molecule has 1 heterocycles. The van der Waals surface area contributed by atoms with Crippen molar-refractivity contribution in [2.24, 2.45) is 0 Å². The van der Waals surface area contributed by atoms with E-state index in [-0.39, 0.29) is 30.8 Å². The molecule has 0 bridgehead atoms. The molecule has 2 aliphatic rings. The maximum absolute atomic E-state index is 12.6. The van der Waals surface area contributed by atoms with Gasteiger partial charge in [-0.1, -0.05) is 18.9 Å². The number of benzene rings is 1. The summed E-state index contributed by atoms with van der Waals surface area (Å²) in [7, 11) is 0. The molecule has 0 aromatic heterocycles. The van der Waals surface area contributed by atoms with Crippen LogP contribution in [0.1, 0.15) is 51.0 Å². The van der Waals surface area contributed by atoms with Crippen LogP contribution in [0.5, 0.6) is 5.75 Å². The summed E-state index contributed by atoms with van der Waals surface area (Å²) >= 11 is 0. The maximum atomic E-state index is 12.6. The first-order valence-electron chi connectivity index (χ1n) is 8.90. The van der Waals surface area contributed by atoms with Crippen molar-refractivity contribution in [2.45, 2.75) is 64.5 Å². The normalized spacial score (nSPS) is 20.4. The molecular weight excluding hydrogens is 304 g/mol. The summed E-state index contributed by atoms with van der Waals surface area (Å²) in [5, 5.41) is 3.04. The Morgan fingerprint density at radius 3 is 2.75 bits per heavy atom.